The highest BCUT2D eigenvalue weighted by atomic mass is 32.1. The van der Waals surface area contributed by atoms with Crippen LogP contribution < -0.4 is 10.2 Å². The highest BCUT2D eigenvalue weighted by molar-refractivity contribution is 7.10. The summed E-state index contributed by atoms with van der Waals surface area (Å²) in [6.45, 7) is 1.73. The van der Waals surface area contributed by atoms with E-state index in [0.29, 0.717) is 6.54 Å². The van der Waals surface area contributed by atoms with Crippen molar-refractivity contribution in [1.29, 1.82) is 0 Å². The number of nitrogens with one attached hydrogen (secondary N) is 1. The summed E-state index contributed by atoms with van der Waals surface area (Å²) in [7, 11) is 0. The van der Waals surface area contributed by atoms with Gasteiger partial charge in [-0.1, -0.05) is 43.5 Å². The molecular weight excluding hydrogens is 328 g/mol. The van der Waals surface area contributed by atoms with Gasteiger partial charge in [0.25, 0.3) is 0 Å². The van der Waals surface area contributed by atoms with Gasteiger partial charge in [0, 0.05) is 29.6 Å². The van der Waals surface area contributed by atoms with Gasteiger partial charge in [0.15, 0.2) is 0 Å². The van der Waals surface area contributed by atoms with Crippen LogP contribution in [0.4, 0.5) is 5.69 Å². The minimum atomic E-state index is 0.226. The number of anilines is 1. The Morgan fingerprint density at radius 1 is 1.16 bits per heavy atom. The summed E-state index contributed by atoms with van der Waals surface area (Å²) in [6.07, 6.45) is 6.89. The molecule has 0 radical (unpaired) electrons. The van der Waals surface area contributed by atoms with Crippen LogP contribution >= 0.6 is 11.3 Å². The third kappa shape index (κ3) is 3.59. The molecule has 4 heteroatoms. The summed E-state index contributed by atoms with van der Waals surface area (Å²) in [6, 6.07) is 13.2. The van der Waals surface area contributed by atoms with E-state index in [-0.39, 0.29) is 17.9 Å². The minimum Gasteiger partial charge on any atom is -0.361 e. The Morgan fingerprint density at radius 2 is 2.00 bits per heavy atom. The number of hydrogen-bond donors (Lipinski definition) is 1. The average molecular weight is 355 g/mol. The molecule has 0 unspecified atom stereocenters. The Morgan fingerprint density at radius 3 is 2.80 bits per heavy atom. The second-order valence-corrected chi connectivity index (χ2v) is 8.16. The van der Waals surface area contributed by atoms with E-state index in [1.165, 1.54) is 35.4 Å². The van der Waals surface area contributed by atoms with Crippen molar-refractivity contribution in [3.05, 3.63) is 52.2 Å². The molecule has 1 aliphatic heterocycles. The molecule has 25 heavy (non-hydrogen) atoms. The fourth-order valence-corrected chi connectivity index (χ4v) is 5.08. The molecule has 0 bridgehead atoms. The number of benzene rings is 1. The summed E-state index contributed by atoms with van der Waals surface area (Å²) in [5.74, 6) is 0.484. The summed E-state index contributed by atoms with van der Waals surface area (Å²) in [4.78, 5) is 16.4. The molecule has 3 nitrogen and oxygen atoms in total. The standard InChI is InChI=1S/C21H26N2OS/c24-21(17-8-2-1-3-9-17)22-15-19(20-11-6-14-25-20)23-13-12-16-7-4-5-10-18(16)23/h4-7,10-11,14,17,19H,1-3,8-9,12-13,15H2,(H,22,24)/t19-/m0/s1. The van der Waals surface area contributed by atoms with Crippen LogP contribution in [0, 0.1) is 5.92 Å². The number of hydrogen-bond acceptors (Lipinski definition) is 3. The van der Waals surface area contributed by atoms with Crippen LogP contribution in [0.15, 0.2) is 41.8 Å². The highest BCUT2D eigenvalue weighted by Gasteiger charge is 2.29. The van der Waals surface area contributed by atoms with Crippen molar-refractivity contribution in [2.75, 3.05) is 18.0 Å². The van der Waals surface area contributed by atoms with Gasteiger partial charge in [0.2, 0.25) is 5.91 Å². The Labute approximate surface area is 154 Å². The molecule has 0 saturated heterocycles. The van der Waals surface area contributed by atoms with Gasteiger partial charge in [-0.3, -0.25) is 4.79 Å². The Balaban J connectivity index is 1.49. The predicted molar refractivity (Wildman–Crippen MR) is 104 cm³/mol. The Kier molecular flexibility index (Phi) is 5.07. The number of amides is 1. The summed E-state index contributed by atoms with van der Waals surface area (Å²) >= 11 is 1.79. The second-order valence-electron chi connectivity index (χ2n) is 7.18. The van der Waals surface area contributed by atoms with Crippen LogP contribution in [0.3, 0.4) is 0 Å². The van der Waals surface area contributed by atoms with E-state index in [0.717, 1.165) is 25.8 Å². The molecule has 2 heterocycles. The maximum Gasteiger partial charge on any atom is 0.223 e. The molecule has 2 aromatic rings. The zero-order valence-electron chi connectivity index (χ0n) is 14.6. The van der Waals surface area contributed by atoms with Crippen molar-refractivity contribution in [3.8, 4) is 0 Å². The second kappa shape index (κ2) is 7.61. The lowest BCUT2D eigenvalue weighted by atomic mass is 9.88. The molecule has 132 valence electrons. The average Bonchev–Trinajstić information content (AvgIpc) is 3.33. The SMILES string of the molecule is O=C(NC[C@@H](c1cccs1)N1CCc2ccccc21)C1CCCCC1. The van der Waals surface area contributed by atoms with E-state index < -0.39 is 0 Å². The monoisotopic (exact) mass is 354 g/mol. The van der Waals surface area contributed by atoms with Crippen LogP contribution in [-0.4, -0.2) is 19.0 Å². The van der Waals surface area contributed by atoms with Gasteiger partial charge in [-0.05, 0) is 42.3 Å². The van der Waals surface area contributed by atoms with Gasteiger partial charge >= 0.3 is 0 Å². The van der Waals surface area contributed by atoms with Crippen molar-refractivity contribution >= 4 is 22.9 Å². The summed E-state index contributed by atoms with van der Waals surface area (Å²) < 4.78 is 0. The fourth-order valence-electron chi connectivity index (χ4n) is 4.24. The molecule has 1 aromatic heterocycles. The molecular formula is C21H26N2OS. The predicted octanol–water partition coefficient (Wildman–Crippen LogP) is 4.55. The minimum absolute atomic E-state index is 0.226. The number of rotatable bonds is 5. The van der Waals surface area contributed by atoms with E-state index >= 15 is 0 Å². The molecule has 1 aromatic carbocycles. The van der Waals surface area contributed by atoms with Crippen LogP contribution in [0.5, 0.6) is 0 Å². The van der Waals surface area contributed by atoms with Gasteiger partial charge in [0.05, 0.1) is 6.04 Å². The van der Waals surface area contributed by atoms with Crippen molar-refractivity contribution in [2.24, 2.45) is 5.92 Å². The molecule has 4 rings (SSSR count). The zero-order valence-corrected chi connectivity index (χ0v) is 15.4. The van der Waals surface area contributed by atoms with E-state index in [2.05, 4.69) is 52.0 Å². The van der Waals surface area contributed by atoms with Gasteiger partial charge in [-0.2, -0.15) is 0 Å². The number of fused-ring (bicyclic) bond motifs is 1. The molecule has 1 amide bonds. The third-order valence-corrected chi connectivity index (χ3v) is 6.59. The van der Waals surface area contributed by atoms with Crippen molar-refractivity contribution in [2.45, 2.75) is 44.6 Å². The smallest absolute Gasteiger partial charge is 0.223 e. The van der Waals surface area contributed by atoms with Crippen molar-refractivity contribution in [3.63, 3.8) is 0 Å². The molecule has 2 aliphatic rings. The van der Waals surface area contributed by atoms with Crippen molar-refractivity contribution < 1.29 is 4.79 Å². The first-order valence-electron chi connectivity index (χ1n) is 9.48. The fraction of sp³-hybridized carbons (Fsp3) is 0.476. The van der Waals surface area contributed by atoms with E-state index in [1.807, 2.05) is 0 Å². The lowest BCUT2D eigenvalue weighted by Gasteiger charge is -2.31. The zero-order chi connectivity index (χ0) is 17.1. The lowest BCUT2D eigenvalue weighted by molar-refractivity contribution is -0.125. The summed E-state index contributed by atoms with van der Waals surface area (Å²) in [5, 5.41) is 5.41. The Hall–Kier alpha value is -1.81. The molecule has 1 atom stereocenters. The largest absolute Gasteiger partial charge is 0.361 e. The normalized spacial score (nSPS) is 18.8. The van der Waals surface area contributed by atoms with Crippen LogP contribution in [-0.2, 0) is 11.2 Å². The van der Waals surface area contributed by atoms with Gasteiger partial charge in [0.1, 0.15) is 0 Å². The van der Waals surface area contributed by atoms with Crippen LogP contribution in [0.2, 0.25) is 0 Å². The number of thiophene rings is 1. The Bertz CT molecular complexity index is 706. The third-order valence-electron chi connectivity index (χ3n) is 5.62. The lowest BCUT2D eigenvalue weighted by Crippen LogP contribution is -2.40. The first-order chi connectivity index (χ1) is 12.3. The first-order valence-corrected chi connectivity index (χ1v) is 10.4. The van der Waals surface area contributed by atoms with Crippen LogP contribution in [0.1, 0.15) is 48.6 Å². The van der Waals surface area contributed by atoms with E-state index in [4.69, 9.17) is 0 Å². The van der Waals surface area contributed by atoms with Gasteiger partial charge in [-0.15, -0.1) is 11.3 Å². The first kappa shape index (κ1) is 16.6. The molecule has 1 aliphatic carbocycles. The molecule has 1 saturated carbocycles. The number of nitrogens with zero attached hydrogens (tertiary/aromatic N) is 1. The topological polar surface area (TPSA) is 32.3 Å². The highest BCUT2D eigenvalue weighted by Crippen LogP contribution is 2.36. The van der Waals surface area contributed by atoms with Crippen molar-refractivity contribution in [1.82, 2.24) is 5.32 Å². The van der Waals surface area contributed by atoms with Gasteiger partial charge in [-0.25, -0.2) is 0 Å². The van der Waals surface area contributed by atoms with E-state index in [1.54, 1.807) is 11.3 Å². The molecule has 1 fully saturated rings. The molecule has 1 N–H and O–H groups in total. The number of carbonyl (C=O) groups is 1. The quantitative estimate of drug-likeness (QED) is 0.854. The number of carbonyl (C=O) groups excluding carboxylic acids is 1. The maximum absolute atomic E-state index is 12.6. The molecule has 0 spiro atoms. The maximum atomic E-state index is 12.6. The summed E-state index contributed by atoms with van der Waals surface area (Å²) in [5.41, 5.74) is 2.75. The van der Waals surface area contributed by atoms with E-state index in [9.17, 15) is 4.79 Å². The van der Waals surface area contributed by atoms with Crippen LogP contribution in [0.25, 0.3) is 0 Å². The number of para-hydroxylation sites is 1. The van der Waals surface area contributed by atoms with Gasteiger partial charge < -0.3 is 10.2 Å².